The number of nitrogens with zero attached hydrogens (tertiary/aromatic N) is 2. The summed E-state index contributed by atoms with van der Waals surface area (Å²) in [5, 5.41) is 5.26. The summed E-state index contributed by atoms with van der Waals surface area (Å²) in [7, 11) is 1.55. The van der Waals surface area contributed by atoms with Crippen LogP contribution in [0.1, 0.15) is 29.0 Å². The molecule has 1 N–H and O–H groups in total. The van der Waals surface area contributed by atoms with Gasteiger partial charge >= 0.3 is 0 Å². The number of carbonyl (C=O) groups is 1. The van der Waals surface area contributed by atoms with E-state index in [1.54, 1.807) is 36.8 Å². The van der Waals surface area contributed by atoms with Gasteiger partial charge in [-0.1, -0.05) is 77.5 Å². The average Bonchev–Trinajstić information content (AvgIpc) is 3.65. The van der Waals surface area contributed by atoms with Gasteiger partial charge in [-0.25, -0.2) is 4.99 Å². The maximum Gasteiger partial charge on any atom is 0.271 e. The van der Waals surface area contributed by atoms with Gasteiger partial charge in [0.2, 0.25) is 0 Å². The molecule has 1 atom stereocenters. The molecule has 0 bridgehead atoms. The van der Waals surface area contributed by atoms with Crippen molar-refractivity contribution in [1.29, 1.82) is 0 Å². The number of hydrogen-bond donors (Lipinski definition) is 1. The van der Waals surface area contributed by atoms with Crippen LogP contribution in [0.3, 0.4) is 0 Å². The van der Waals surface area contributed by atoms with Crippen molar-refractivity contribution in [2.75, 3.05) is 12.4 Å². The zero-order chi connectivity index (χ0) is 29.9. The Balaban J connectivity index is 1.38. The van der Waals surface area contributed by atoms with E-state index in [1.165, 1.54) is 22.7 Å². The quantitative estimate of drug-likeness (QED) is 0.223. The van der Waals surface area contributed by atoms with Crippen LogP contribution >= 0.6 is 34.3 Å². The van der Waals surface area contributed by atoms with Gasteiger partial charge in [0, 0.05) is 10.6 Å². The number of nitrogens with one attached hydrogen (secondary N) is 1. The molecular formula is C33H26ClN3O4S2. The normalized spacial score (nSPS) is 14.7. The number of allylic oxidation sites excluding steroid dienone is 1. The number of methoxy groups -OCH3 is 1. The fourth-order valence-corrected chi connectivity index (χ4v) is 7.04. The molecule has 3 heterocycles. The van der Waals surface area contributed by atoms with Crippen molar-refractivity contribution in [2.45, 2.75) is 19.6 Å². The second-order valence-electron chi connectivity index (χ2n) is 9.73. The third kappa shape index (κ3) is 5.92. The minimum Gasteiger partial charge on any atom is -0.493 e. The van der Waals surface area contributed by atoms with Crippen molar-refractivity contribution in [3.05, 3.63) is 142 Å². The molecule has 0 aliphatic carbocycles. The van der Waals surface area contributed by atoms with Gasteiger partial charge in [0.25, 0.3) is 11.5 Å². The summed E-state index contributed by atoms with van der Waals surface area (Å²) in [4.78, 5) is 33.7. The monoisotopic (exact) mass is 627 g/mol. The Morgan fingerprint density at radius 2 is 1.81 bits per heavy atom. The van der Waals surface area contributed by atoms with E-state index >= 15 is 0 Å². The average molecular weight is 628 g/mol. The molecular weight excluding hydrogens is 602 g/mol. The van der Waals surface area contributed by atoms with Crippen LogP contribution in [0.5, 0.6) is 11.5 Å². The van der Waals surface area contributed by atoms with Crippen molar-refractivity contribution < 1.29 is 14.3 Å². The topological polar surface area (TPSA) is 81.9 Å². The minimum atomic E-state index is -0.617. The van der Waals surface area contributed by atoms with Crippen LogP contribution in [0.4, 0.5) is 5.69 Å². The van der Waals surface area contributed by atoms with Crippen LogP contribution in [0.15, 0.2) is 111 Å². The standard InChI is InChI=1S/C33H26ClN3O4S2/c1-20-28(31(38)36-23-12-7-4-8-13-23)29(26-14-9-15-42-26)37-32(39)27(43-33(37)35-20)18-22-16-24(34)30(25(17-22)40-2)41-19-21-10-5-3-6-11-21/h3-18,29H,19H2,1-2H3,(H,36,38). The lowest BCUT2D eigenvalue weighted by Gasteiger charge is -2.24. The number of benzene rings is 3. The number of hydrogen-bond acceptors (Lipinski definition) is 7. The molecule has 5 aromatic rings. The van der Waals surface area contributed by atoms with Crippen LogP contribution in [0, 0.1) is 0 Å². The van der Waals surface area contributed by atoms with E-state index < -0.39 is 6.04 Å². The first kappa shape index (κ1) is 28.7. The van der Waals surface area contributed by atoms with Gasteiger partial charge in [-0.2, -0.15) is 0 Å². The molecule has 0 fully saturated rings. The maximum absolute atomic E-state index is 14.0. The number of ether oxygens (including phenoxy) is 2. The first-order valence-electron chi connectivity index (χ1n) is 13.4. The van der Waals surface area contributed by atoms with Crippen LogP contribution in [-0.4, -0.2) is 17.6 Å². The molecule has 0 saturated carbocycles. The van der Waals surface area contributed by atoms with E-state index in [4.69, 9.17) is 26.1 Å². The van der Waals surface area contributed by atoms with Gasteiger partial charge in [-0.3, -0.25) is 14.2 Å². The number of para-hydroxylation sites is 1. The van der Waals surface area contributed by atoms with Crippen molar-refractivity contribution in [3.63, 3.8) is 0 Å². The molecule has 0 spiro atoms. The lowest BCUT2D eigenvalue weighted by Crippen LogP contribution is -2.40. The second-order valence-corrected chi connectivity index (χ2v) is 12.1. The lowest BCUT2D eigenvalue weighted by atomic mass is 10.0. The van der Waals surface area contributed by atoms with E-state index in [0.717, 1.165) is 10.4 Å². The Morgan fingerprint density at radius 1 is 1.07 bits per heavy atom. The summed E-state index contributed by atoms with van der Waals surface area (Å²) in [5.74, 6) is 0.575. The molecule has 7 nitrogen and oxygen atoms in total. The van der Waals surface area contributed by atoms with E-state index in [0.29, 0.717) is 55.0 Å². The molecule has 1 unspecified atom stereocenters. The number of halogens is 1. The molecule has 1 amide bonds. The summed E-state index contributed by atoms with van der Waals surface area (Å²) in [6, 6.07) is 25.7. The predicted octanol–water partition coefficient (Wildman–Crippen LogP) is 6.18. The lowest BCUT2D eigenvalue weighted by molar-refractivity contribution is -0.113. The van der Waals surface area contributed by atoms with Gasteiger partial charge in [0.1, 0.15) is 12.6 Å². The fourth-order valence-electron chi connectivity index (χ4n) is 4.89. The first-order valence-corrected chi connectivity index (χ1v) is 15.5. The van der Waals surface area contributed by atoms with Crippen molar-refractivity contribution in [2.24, 2.45) is 4.99 Å². The van der Waals surface area contributed by atoms with Crippen molar-refractivity contribution >= 4 is 51.9 Å². The van der Waals surface area contributed by atoms with Crippen LogP contribution in [0.2, 0.25) is 5.02 Å². The molecule has 6 rings (SSSR count). The summed E-state index contributed by atoms with van der Waals surface area (Å²) >= 11 is 9.39. The van der Waals surface area contributed by atoms with E-state index in [-0.39, 0.29) is 11.5 Å². The minimum absolute atomic E-state index is 0.251. The van der Waals surface area contributed by atoms with E-state index in [1.807, 2.05) is 78.2 Å². The Bertz CT molecular complexity index is 2000. The van der Waals surface area contributed by atoms with Gasteiger partial charge in [-0.15, -0.1) is 11.3 Å². The zero-order valence-corrected chi connectivity index (χ0v) is 25.6. The third-order valence-corrected chi connectivity index (χ3v) is 9.07. The maximum atomic E-state index is 14.0. The number of thiophene rings is 1. The fraction of sp³-hybridized carbons (Fsp3) is 0.121. The molecule has 1 aliphatic heterocycles. The molecule has 3 aromatic carbocycles. The largest absolute Gasteiger partial charge is 0.493 e. The van der Waals surface area contributed by atoms with Gasteiger partial charge in [-0.05, 0) is 59.8 Å². The van der Waals surface area contributed by atoms with Crippen molar-refractivity contribution in [1.82, 2.24) is 4.57 Å². The number of anilines is 1. The van der Waals surface area contributed by atoms with E-state index in [9.17, 15) is 9.59 Å². The summed E-state index contributed by atoms with van der Waals surface area (Å²) in [6.07, 6.45) is 1.76. The zero-order valence-electron chi connectivity index (χ0n) is 23.2. The second kappa shape index (κ2) is 12.4. The first-order chi connectivity index (χ1) is 20.9. The highest BCUT2D eigenvalue weighted by molar-refractivity contribution is 7.10. The highest BCUT2D eigenvalue weighted by Crippen LogP contribution is 2.37. The van der Waals surface area contributed by atoms with Gasteiger partial charge in [0.05, 0.1) is 27.9 Å². The van der Waals surface area contributed by atoms with E-state index in [2.05, 4.69) is 5.32 Å². The number of amides is 1. The van der Waals surface area contributed by atoms with Gasteiger partial charge in [0.15, 0.2) is 16.3 Å². The third-order valence-electron chi connectivity index (χ3n) is 6.89. The Morgan fingerprint density at radius 3 is 2.51 bits per heavy atom. The summed E-state index contributed by atoms with van der Waals surface area (Å²) < 4.78 is 13.6. The molecule has 43 heavy (non-hydrogen) atoms. The SMILES string of the molecule is COc1cc(C=c2sc3n(c2=O)C(c2cccs2)C(C(=O)Nc2ccccc2)=C(C)N=3)cc(Cl)c1OCc1ccccc1. The molecule has 10 heteroatoms. The highest BCUT2D eigenvalue weighted by atomic mass is 35.5. The van der Waals surface area contributed by atoms with Crippen LogP contribution in [0.25, 0.3) is 6.08 Å². The van der Waals surface area contributed by atoms with Gasteiger partial charge < -0.3 is 14.8 Å². The smallest absolute Gasteiger partial charge is 0.271 e. The number of rotatable bonds is 8. The Kier molecular flexibility index (Phi) is 8.29. The summed E-state index contributed by atoms with van der Waals surface area (Å²) in [5.41, 5.74) is 3.07. The van der Waals surface area contributed by atoms with Crippen molar-refractivity contribution in [3.8, 4) is 11.5 Å². The molecule has 0 saturated heterocycles. The Hall–Kier alpha value is -4.44. The molecule has 2 aromatic heterocycles. The van der Waals surface area contributed by atoms with Crippen LogP contribution in [-0.2, 0) is 11.4 Å². The molecule has 216 valence electrons. The number of aromatic nitrogens is 1. The molecule has 0 radical (unpaired) electrons. The number of fused-ring (bicyclic) bond motifs is 1. The predicted molar refractivity (Wildman–Crippen MR) is 172 cm³/mol. The highest BCUT2D eigenvalue weighted by Gasteiger charge is 2.33. The number of carbonyl (C=O) groups excluding carboxylic acids is 1. The Labute approximate surface area is 260 Å². The van der Waals surface area contributed by atoms with Crippen LogP contribution < -0.4 is 29.7 Å². The molecule has 1 aliphatic rings. The summed E-state index contributed by atoms with van der Waals surface area (Å²) in [6.45, 7) is 2.13. The number of thiazole rings is 1.